The third kappa shape index (κ3) is 4.11. The summed E-state index contributed by atoms with van der Waals surface area (Å²) in [5, 5.41) is 0. The quantitative estimate of drug-likeness (QED) is 0.469. The van der Waals surface area contributed by atoms with Crippen molar-refractivity contribution < 1.29 is 4.74 Å². The Hall–Kier alpha value is -0.540. The lowest BCUT2D eigenvalue weighted by molar-refractivity contribution is 0.414. The third-order valence-electron chi connectivity index (χ3n) is 1.68. The van der Waals surface area contributed by atoms with Crippen molar-refractivity contribution in [3.8, 4) is 5.75 Å². The van der Waals surface area contributed by atoms with Crippen molar-refractivity contribution in [1.29, 1.82) is 0 Å². The standard InChI is InChI=1S/C11H14OS2/c1-12-10-4-6-11(7-5-10)14-9-3-2-8-13/h2-7,13H,8-9H2,1H3. The fourth-order valence-electron chi connectivity index (χ4n) is 0.959. The molecule has 0 unspecified atom stereocenters. The van der Waals surface area contributed by atoms with Crippen LogP contribution in [-0.2, 0) is 0 Å². The van der Waals surface area contributed by atoms with Gasteiger partial charge in [-0.25, -0.2) is 0 Å². The summed E-state index contributed by atoms with van der Waals surface area (Å²) >= 11 is 5.90. The van der Waals surface area contributed by atoms with Crippen LogP contribution >= 0.6 is 24.4 Å². The molecule has 1 aromatic rings. The first-order valence-corrected chi connectivity index (χ1v) is 6.01. The van der Waals surface area contributed by atoms with Crippen molar-refractivity contribution >= 4 is 24.4 Å². The van der Waals surface area contributed by atoms with Gasteiger partial charge >= 0.3 is 0 Å². The molecule has 0 N–H and O–H groups in total. The Bertz CT molecular complexity index is 280. The molecular formula is C11H14OS2. The normalized spacial score (nSPS) is 10.7. The summed E-state index contributed by atoms with van der Waals surface area (Å²) in [6.45, 7) is 0. The molecule has 0 aromatic heterocycles. The van der Waals surface area contributed by atoms with Crippen LogP contribution in [-0.4, -0.2) is 18.6 Å². The van der Waals surface area contributed by atoms with E-state index < -0.39 is 0 Å². The topological polar surface area (TPSA) is 9.23 Å². The molecule has 0 amide bonds. The number of thioether (sulfide) groups is 1. The maximum atomic E-state index is 5.08. The van der Waals surface area contributed by atoms with Crippen LogP contribution in [0.25, 0.3) is 0 Å². The number of methoxy groups -OCH3 is 1. The number of thiol groups is 1. The predicted molar refractivity (Wildman–Crippen MR) is 66.7 cm³/mol. The molecule has 0 atom stereocenters. The van der Waals surface area contributed by atoms with Gasteiger partial charge in [-0.2, -0.15) is 12.6 Å². The van der Waals surface area contributed by atoms with Crippen LogP contribution in [0.2, 0.25) is 0 Å². The second-order valence-corrected chi connectivity index (χ2v) is 4.10. The molecule has 0 saturated carbocycles. The van der Waals surface area contributed by atoms with E-state index in [0.717, 1.165) is 17.3 Å². The van der Waals surface area contributed by atoms with E-state index in [-0.39, 0.29) is 0 Å². The van der Waals surface area contributed by atoms with Crippen molar-refractivity contribution in [1.82, 2.24) is 0 Å². The molecule has 76 valence electrons. The lowest BCUT2D eigenvalue weighted by Crippen LogP contribution is -1.81. The smallest absolute Gasteiger partial charge is 0.118 e. The van der Waals surface area contributed by atoms with Crippen LogP contribution in [0.4, 0.5) is 0 Å². The fourth-order valence-corrected chi connectivity index (χ4v) is 1.86. The highest BCUT2D eigenvalue weighted by Gasteiger charge is 1.92. The van der Waals surface area contributed by atoms with E-state index >= 15 is 0 Å². The molecule has 14 heavy (non-hydrogen) atoms. The molecule has 0 bridgehead atoms. The maximum Gasteiger partial charge on any atom is 0.118 e. The highest BCUT2D eigenvalue weighted by atomic mass is 32.2. The average molecular weight is 226 g/mol. The van der Waals surface area contributed by atoms with Gasteiger partial charge in [-0.15, -0.1) is 11.8 Å². The Kier molecular flexibility index (Phi) is 5.64. The molecule has 1 rings (SSSR count). The summed E-state index contributed by atoms with van der Waals surface area (Å²) in [4.78, 5) is 1.26. The zero-order valence-electron chi connectivity index (χ0n) is 8.14. The maximum absolute atomic E-state index is 5.08. The molecule has 0 aliphatic rings. The SMILES string of the molecule is COc1ccc(SCC=CCS)cc1. The van der Waals surface area contributed by atoms with E-state index in [2.05, 4.69) is 36.9 Å². The molecule has 1 nitrogen and oxygen atoms in total. The number of hydrogen-bond acceptors (Lipinski definition) is 3. The minimum atomic E-state index is 0.809. The molecule has 0 saturated heterocycles. The van der Waals surface area contributed by atoms with Crippen molar-refractivity contribution in [3.05, 3.63) is 36.4 Å². The lowest BCUT2D eigenvalue weighted by Gasteiger charge is -2.01. The van der Waals surface area contributed by atoms with E-state index in [1.807, 2.05) is 12.1 Å². The highest BCUT2D eigenvalue weighted by Crippen LogP contribution is 2.21. The largest absolute Gasteiger partial charge is 0.497 e. The van der Waals surface area contributed by atoms with Gasteiger partial charge in [0.1, 0.15) is 5.75 Å². The first-order valence-electron chi connectivity index (χ1n) is 4.39. The van der Waals surface area contributed by atoms with Gasteiger partial charge in [0.05, 0.1) is 7.11 Å². The van der Waals surface area contributed by atoms with Crippen LogP contribution in [0.15, 0.2) is 41.3 Å². The zero-order chi connectivity index (χ0) is 10.2. The molecule has 0 radical (unpaired) electrons. The minimum Gasteiger partial charge on any atom is -0.497 e. The second-order valence-electron chi connectivity index (χ2n) is 2.64. The van der Waals surface area contributed by atoms with Crippen LogP contribution in [0, 0.1) is 0 Å². The van der Waals surface area contributed by atoms with Crippen molar-refractivity contribution in [3.63, 3.8) is 0 Å². The Balaban J connectivity index is 2.40. The lowest BCUT2D eigenvalue weighted by atomic mass is 10.3. The van der Waals surface area contributed by atoms with Gasteiger partial charge in [-0.1, -0.05) is 12.2 Å². The molecule has 0 heterocycles. The summed E-state index contributed by atoms with van der Waals surface area (Å²) < 4.78 is 5.08. The van der Waals surface area contributed by atoms with Gasteiger partial charge in [0.15, 0.2) is 0 Å². The summed E-state index contributed by atoms with van der Waals surface area (Å²) in [5.41, 5.74) is 0. The second kappa shape index (κ2) is 6.85. The molecule has 3 heteroatoms. The highest BCUT2D eigenvalue weighted by molar-refractivity contribution is 7.99. The van der Waals surface area contributed by atoms with E-state index in [4.69, 9.17) is 4.74 Å². The fraction of sp³-hybridized carbons (Fsp3) is 0.273. The van der Waals surface area contributed by atoms with Crippen molar-refractivity contribution in [2.45, 2.75) is 4.90 Å². The number of rotatable bonds is 5. The first kappa shape index (κ1) is 11.5. The van der Waals surface area contributed by atoms with E-state index in [1.165, 1.54) is 4.90 Å². The van der Waals surface area contributed by atoms with Gasteiger partial charge in [0, 0.05) is 16.4 Å². The van der Waals surface area contributed by atoms with E-state index in [9.17, 15) is 0 Å². The van der Waals surface area contributed by atoms with Gasteiger partial charge in [-0.3, -0.25) is 0 Å². The van der Waals surface area contributed by atoms with Crippen LogP contribution in [0.1, 0.15) is 0 Å². The Morgan fingerprint density at radius 2 is 2.00 bits per heavy atom. The third-order valence-corrected chi connectivity index (χ3v) is 2.85. The van der Waals surface area contributed by atoms with Gasteiger partial charge < -0.3 is 4.74 Å². The molecule has 1 aromatic carbocycles. The number of hydrogen-bond donors (Lipinski definition) is 1. The summed E-state index contributed by atoms with van der Waals surface area (Å²) in [6.07, 6.45) is 4.18. The van der Waals surface area contributed by atoms with Gasteiger partial charge in [0.2, 0.25) is 0 Å². The number of benzene rings is 1. The van der Waals surface area contributed by atoms with E-state index in [0.29, 0.717) is 0 Å². The van der Waals surface area contributed by atoms with Crippen LogP contribution in [0.5, 0.6) is 5.75 Å². The van der Waals surface area contributed by atoms with Crippen molar-refractivity contribution in [2.24, 2.45) is 0 Å². The zero-order valence-corrected chi connectivity index (χ0v) is 9.85. The minimum absolute atomic E-state index is 0.809. The van der Waals surface area contributed by atoms with Gasteiger partial charge in [0.25, 0.3) is 0 Å². The summed E-state index contributed by atoms with van der Waals surface area (Å²) in [6, 6.07) is 8.09. The van der Waals surface area contributed by atoms with Crippen LogP contribution in [0.3, 0.4) is 0 Å². The molecule has 0 fully saturated rings. The molecule has 0 aliphatic heterocycles. The van der Waals surface area contributed by atoms with E-state index in [1.54, 1.807) is 18.9 Å². The predicted octanol–water partition coefficient (Wildman–Crippen LogP) is 3.27. The average Bonchev–Trinajstić information content (AvgIpc) is 2.25. The monoisotopic (exact) mass is 226 g/mol. The van der Waals surface area contributed by atoms with Gasteiger partial charge in [-0.05, 0) is 24.3 Å². The number of ether oxygens (including phenoxy) is 1. The molecule has 0 spiro atoms. The first-order chi connectivity index (χ1) is 6.86. The Morgan fingerprint density at radius 3 is 2.57 bits per heavy atom. The van der Waals surface area contributed by atoms with Crippen molar-refractivity contribution in [2.75, 3.05) is 18.6 Å². The molecular weight excluding hydrogens is 212 g/mol. The summed E-state index contributed by atoms with van der Waals surface area (Å²) in [5.74, 6) is 2.70. The summed E-state index contributed by atoms with van der Waals surface area (Å²) in [7, 11) is 1.68. The molecule has 0 aliphatic carbocycles. The van der Waals surface area contributed by atoms with Crippen LogP contribution < -0.4 is 4.74 Å². The Morgan fingerprint density at radius 1 is 1.29 bits per heavy atom. The Labute approximate surface area is 95.0 Å².